The first-order valence-electron chi connectivity index (χ1n) is 9.26. The van der Waals surface area contributed by atoms with E-state index in [2.05, 4.69) is 20.3 Å². The van der Waals surface area contributed by atoms with E-state index in [1.807, 2.05) is 66.7 Å². The SMILES string of the molecule is O=[N+]([O-])c1c(Nc2ccccc2)ncnc1N(Cc1ccccc1)c1ccccn1. The van der Waals surface area contributed by atoms with Crippen molar-refractivity contribution in [3.63, 3.8) is 0 Å². The van der Waals surface area contributed by atoms with E-state index < -0.39 is 4.92 Å². The van der Waals surface area contributed by atoms with Crippen LogP contribution in [0, 0.1) is 10.1 Å². The van der Waals surface area contributed by atoms with Gasteiger partial charge in [0.1, 0.15) is 12.1 Å². The Labute approximate surface area is 173 Å². The zero-order chi connectivity index (χ0) is 20.8. The van der Waals surface area contributed by atoms with Crippen LogP contribution >= 0.6 is 0 Å². The second-order valence-corrected chi connectivity index (χ2v) is 6.40. The highest BCUT2D eigenvalue weighted by Crippen LogP contribution is 2.37. The molecule has 0 bridgehead atoms. The molecule has 4 rings (SSSR count). The largest absolute Gasteiger partial charge is 0.354 e. The zero-order valence-electron chi connectivity index (χ0n) is 15.9. The van der Waals surface area contributed by atoms with Gasteiger partial charge in [0.25, 0.3) is 0 Å². The van der Waals surface area contributed by atoms with Gasteiger partial charge in [-0.15, -0.1) is 0 Å². The Balaban J connectivity index is 1.81. The van der Waals surface area contributed by atoms with E-state index in [1.165, 1.54) is 6.33 Å². The summed E-state index contributed by atoms with van der Waals surface area (Å²) in [7, 11) is 0. The van der Waals surface area contributed by atoms with Gasteiger partial charge in [-0.05, 0) is 29.8 Å². The maximum Gasteiger partial charge on any atom is 0.354 e. The van der Waals surface area contributed by atoms with Crippen molar-refractivity contribution in [2.45, 2.75) is 6.54 Å². The van der Waals surface area contributed by atoms with E-state index >= 15 is 0 Å². The van der Waals surface area contributed by atoms with Gasteiger partial charge in [-0.1, -0.05) is 54.6 Å². The number of hydrogen-bond donors (Lipinski definition) is 1. The van der Waals surface area contributed by atoms with Gasteiger partial charge in [-0.2, -0.15) is 0 Å². The highest BCUT2D eigenvalue weighted by atomic mass is 16.6. The molecule has 1 N–H and O–H groups in total. The van der Waals surface area contributed by atoms with Crippen molar-refractivity contribution in [2.75, 3.05) is 10.2 Å². The lowest BCUT2D eigenvalue weighted by Gasteiger charge is -2.23. The average Bonchev–Trinajstić information content (AvgIpc) is 2.79. The summed E-state index contributed by atoms with van der Waals surface area (Å²) in [6.45, 7) is 0.362. The number of pyridine rings is 1. The smallest absolute Gasteiger partial charge is 0.334 e. The molecule has 0 aliphatic carbocycles. The summed E-state index contributed by atoms with van der Waals surface area (Å²) >= 11 is 0. The number of aromatic nitrogens is 3. The van der Waals surface area contributed by atoms with Crippen molar-refractivity contribution in [2.24, 2.45) is 0 Å². The molecule has 0 spiro atoms. The minimum Gasteiger partial charge on any atom is -0.334 e. The first-order chi connectivity index (χ1) is 14.7. The van der Waals surface area contributed by atoms with E-state index in [9.17, 15) is 10.1 Å². The van der Waals surface area contributed by atoms with Crippen molar-refractivity contribution in [1.82, 2.24) is 15.0 Å². The molecule has 0 aliphatic rings. The predicted octanol–water partition coefficient (Wildman–Crippen LogP) is 4.86. The maximum atomic E-state index is 12.1. The molecule has 8 nitrogen and oxygen atoms in total. The fraction of sp³-hybridized carbons (Fsp3) is 0.0455. The van der Waals surface area contributed by atoms with Crippen molar-refractivity contribution in [3.8, 4) is 0 Å². The number of nitrogens with zero attached hydrogens (tertiary/aromatic N) is 5. The van der Waals surface area contributed by atoms with E-state index in [-0.39, 0.29) is 17.3 Å². The summed E-state index contributed by atoms with van der Waals surface area (Å²) in [5.74, 6) is 0.829. The van der Waals surface area contributed by atoms with Gasteiger partial charge in [0.2, 0.25) is 11.6 Å². The fourth-order valence-electron chi connectivity index (χ4n) is 3.03. The standard InChI is InChI=1S/C22H18N6O2/c29-28(30)20-21(26-18-11-5-2-6-12-18)24-16-25-22(20)27(19-13-7-8-14-23-19)15-17-9-3-1-4-10-17/h1-14,16H,15H2,(H,24,25,26). The van der Waals surface area contributed by atoms with Crippen LogP contribution in [0.5, 0.6) is 0 Å². The van der Waals surface area contributed by atoms with Crippen molar-refractivity contribution < 1.29 is 4.92 Å². The lowest BCUT2D eigenvalue weighted by molar-refractivity contribution is -0.383. The number of benzene rings is 2. The van der Waals surface area contributed by atoms with E-state index in [4.69, 9.17) is 0 Å². The third-order valence-electron chi connectivity index (χ3n) is 4.39. The van der Waals surface area contributed by atoms with Crippen molar-refractivity contribution in [3.05, 3.63) is 107 Å². The Morgan fingerprint density at radius 1 is 0.867 bits per heavy atom. The third kappa shape index (κ3) is 4.22. The normalized spacial score (nSPS) is 10.4. The predicted molar refractivity (Wildman–Crippen MR) is 115 cm³/mol. The van der Waals surface area contributed by atoms with E-state index in [0.29, 0.717) is 18.1 Å². The first-order valence-corrected chi connectivity index (χ1v) is 9.26. The number of anilines is 4. The van der Waals surface area contributed by atoms with Crippen LogP contribution in [0.2, 0.25) is 0 Å². The number of hydrogen-bond acceptors (Lipinski definition) is 7. The molecule has 30 heavy (non-hydrogen) atoms. The highest BCUT2D eigenvalue weighted by Gasteiger charge is 2.28. The molecule has 0 atom stereocenters. The molecule has 2 aromatic carbocycles. The zero-order valence-corrected chi connectivity index (χ0v) is 15.9. The molecule has 0 unspecified atom stereocenters. The van der Waals surface area contributed by atoms with Gasteiger partial charge < -0.3 is 10.2 Å². The molecular weight excluding hydrogens is 380 g/mol. The number of nitro groups is 1. The van der Waals surface area contributed by atoms with Crippen LogP contribution in [0.4, 0.5) is 28.8 Å². The monoisotopic (exact) mass is 398 g/mol. The summed E-state index contributed by atoms with van der Waals surface area (Å²) in [6, 6.07) is 24.2. The van der Waals surface area contributed by atoms with Gasteiger partial charge in [0.15, 0.2) is 0 Å². The van der Waals surface area contributed by atoms with Crippen LogP contribution in [0.25, 0.3) is 0 Å². The molecule has 148 valence electrons. The topological polar surface area (TPSA) is 97.1 Å². The summed E-state index contributed by atoms with van der Waals surface area (Å²) in [5, 5.41) is 15.1. The average molecular weight is 398 g/mol. The maximum absolute atomic E-state index is 12.1. The van der Waals surface area contributed by atoms with Gasteiger partial charge in [-0.25, -0.2) is 15.0 Å². The Hall–Kier alpha value is -4.33. The van der Waals surface area contributed by atoms with Gasteiger partial charge in [0, 0.05) is 11.9 Å². The van der Waals surface area contributed by atoms with Crippen LogP contribution in [-0.2, 0) is 6.54 Å². The van der Waals surface area contributed by atoms with Gasteiger partial charge in [-0.3, -0.25) is 10.1 Å². The second-order valence-electron chi connectivity index (χ2n) is 6.40. The van der Waals surface area contributed by atoms with Crippen molar-refractivity contribution in [1.29, 1.82) is 0 Å². The summed E-state index contributed by atoms with van der Waals surface area (Å²) in [4.78, 5) is 26.1. The lowest BCUT2D eigenvalue weighted by atomic mass is 10.2. The lowest BCUT2D eigenvalue weighted by Crippen LogP contribution is -2.21. The fourth-order valence-corrected chi connectivity index (χ4v) is 3.03. The summed E-state index contributed by atoms with van der Waals surface area (Å²) in [5.41, 5.74) is 1.44. The van der Waals surface area contributed by atoms with Crippen LogP contribution in [-0.4, -0.2) is 19.9 Å². The Bertz CT molecular complexity index is 1120. The van der Waals surface area contributed by atoms with Crippen molar-refractivity contribution >= 4 is 28.8 Å². The Kier molecular flexibility index (Phi) is 5.56. The number of nitrogens with one attached hydrogen (secondary N) is 1. The highest BCUT2D eigenvalue weighted by molar-refractivity contribution is 5.77. The molecule has 0 fully saturated rings. The molecule has 2 aromatic heterocycles. The van der Waals surface area contributed by atoms with E-state index in [0.717, 1.165) is 5.56 Å². The molecule has 0 radical (unpaired) electrons. The third-order valence-corrected chi connectivity index (χ3v) is 4.39. The van der Waals surface area contributed by atoms with Crippen LogP contribution < -0.4 is 10.2 Å². The molecule has 0 aliphatic heterocycles. The number of rotatable bonds is 7. The van der Waals surface area contributed by atoms with Gasteiger partial charge >= 0.3 is 5.69 Å². The molecular formula is C22H18N6O2. The minimum absolute atomic E-state index is 0.116. The molecule has 8 heteroatoms. The van der Waals surface area contributed by atoms with Crippen LogP contribution in [0.15, 0.2) is 91.4 Å². The summed E-state index contributed by atoms with van der Waals surface area (Å²) < 4.78 is 0. The second kappa shape index (κ2) is 8.78. The minimum atomic E-state index is -0.471. The van der Waals surface area contributed by atoms with Gasteiger partial charge in [0.05, 0.1) is 11.5 Å². The molecule has 0 saturated carbocycles. The Morgan fingerprint density at radius 3 is 2.23 bits per heavy atom. The quantitative estimate of drug-likeness (QED) is 0.351. The molecule has 0 amide bonds. The van der Waals surface area contributed by atoms with Crippen LogP contribution in [0.1, 0.15) is 5.56 Å². The number of para-hydroxylation sites is 1. The first kappa shape index (κ1) is 19.0. The summed E-state index contributed by atoms with van der Waals surface area (Å²) in [6.07, 6.45) is 2.96. The molecule has 4 aromatic rings. The van der Waals surface area contributed by atoms with Crippen LogP contribution in [0.3, 0.4) is 0 Å². The molecule has 2 heterocycles. The van der Waals surface area contributed by atoms with E-state index in [1.54, 1.807) is 23.2 Å². The Morgan fingerprint density at radius 2 is 1.57 bits per heavy atom. The molecule has 0 saturated heterocycles.